The number of amides is 1. The minimum absolute atomic E-state index is 0.230. The lowest BCUT2D eigenvalue weighted by molar-refractivity contribution is 0.102. The zero-order chi connectivity index (χ0) is 16.7. The molecule has 0 radical (unpaired) electrons. The number of halogens is 1. The molecule has 1 N–H and O–H groups in total. The quantitative estimate of drug-likeness (QED) is 0.741. The van der Waals surface area contributed by atoms with E-state index in [0.29, 0.717) is 27.2 Å². The minimum atomic E-state index is -0.233. The van der Waals surface area contributed by atoms with E-state index < -0.39 is 0 Å². The predicted molar refractivity (Wildman–Crippen MR) is 91.7 cm³/mol. The van der Waals surface area contributed by atoms with Crippen molar-refractivity contribution >= 4 is 38.6 Å². The fourth-order valence-electron chi connectivity index (χ4n) is 2.50. The highest BCUT2D eigenvalue weighted by molar-refractivity contribution is 9.10. The van der Waals surface area contributed by atoms with Crippen LogP contribution >= 0.6 is 15.9 Å². The van der Waals surface area contributed by atoms with Gasteiger partial charge in [-0.3, -0.25) is 4.79 Å². The summed E-state index contributed by atoms with van der Waals surface area (Å²) in [5.41, 5.74) is 1.92. The second-order valence-corrected chi connectivity index (χ2v) is 6.47. The number of rotatable bonds is 3. The van der Waals surface area contributed by atoms with Crippen LogP contribution in [0.5, 0.6) is 0 Å². The Morgan fingerprint density at radius 2 is 2.04 bits per heavy atom. The van der Waals surface area contributed by atoms with Gasteiger partial charge in [0.2, 0.25) is 0 Å². The number of hydrogen-bond acceptors (Lipinski definition) is 4. The van der Waals surface area contributed by atoms with Crippen molar-refractivity contribution in [3.63, 3.8) is 0 Å². The van der Waals surface area contributed by atoms with Crippen LogP contribution in [0.4, 0.5) is 5.69 Å². The van der Waals surface area contributed by atoms with Gasteiger partial charge in [-0.1, -0.05) is 0 Å². The number of nitrogens with one attached hydrogen (secondary N) is 1. The number of carbonyl (C=O) groups excluding carboxylic acids is 1. The summed E-state index contributed by atoms with van der Waals surface area (Å²) in [5, 5.41) is 8.06. The van der Waals surface area contributed by atoms with Crippen LogP contribution in [0, 0.1) is 13.8 Å². The smallest absolute Gasteiger partial charge is 0.260 e. The van der Waals surface area contributed by atoms with Crippen molar-refractivity contribution < 1.29 is 9.21 Å². The number of nitrogens with zero attached hydrogens (tertiary/aromatic N) is 3. The first kappa shape index (κ1) is 15.7. The van der Waals surface area contributed by atoms with Crippen molar-refractivity contribution in [3.8, 4) is 0 Å². The highest BCUT2D eigenvalue weighted by Gasteiger charge is 2.20. The molecule has 120 valence electrons. The van der Waals surface area contributed by atoms with Crippen molar-refractivity contribution in [3.05, 3.63) is 40.0 Å². The Morgan fingerprint density at radius 3 is 2.65 bits per heavy atom. The number of anilines is 1. The lowest BCUT2D eigenvalue weighted by atomic mass is 10.2. The number of furan rings is 1. The summed E-state index contributed by atoms with van der Waals surface area (Å²) < 4.78 is 7.99. The zero-order valence-electron chi connectivity index (χ0n) is 13.3. The van der Waals surface area contributed by atoms with Gasteiger partial charge in [-0.2, -0.15) is 5.10 Å². The number of carbonyl (C=O) groups is 1. The summed E-state index contributed by atoms with van der Waals surface area (Å²) >= 11 is 3.39. The normalized spacial score (nSPS) is 11.4. The third-order valence-electron chi connectivity index (χ3n) is 3.59. The van der Waals surface area contributed by atoms with E-state index in [4.69, 9.17) is 4.42 Å². The van der Waals surface area contributed by atoms with Gasteiger partial charge in [-0.05, 0) is 49.7 Å². The van der Waals surface area contributed by atoms with Crippen molar-refractivity contribution in [1.29, 1.82) is 0 Å². The van der Waals surface area contributed by atoms with Crippen molar-refractivity contribution in [2.24, 2.45) is 0 Å². The van der Waals surface area contributed by atoms with E-state index in [1.807, 2.05) is 31.5 Å². The number of aromatic nitrogens is 3. The molecule has 3 aromatic rings. The maximum Gasteiger partial charge on any atom is 0.260 e. The Labute approximate surface area is 142 Å². The van der Waals surface area contributed by atoms with Crippen LogP contribution < -0.4 is 5.32 Å². The fourth-order valence-corrected chi connectivity index (χ4v) is 3.04. The Balaban J connectivity index is 1.91. The Hall–Kier alpha value is -2.15. The topological polar surface area (TPSA) is 73.0 Å². The van der Waals surface area contributed by atoms with Crippen LogP contribution in [-0.4, -0.2) is 20.7 Å². The monoisotopic (exact) mass is 376 g/mol. The van der Waals surface area contributed by atoms with E-state index >= 15 is 0 Å². The van der Waals surface area contributed by atoms with E-state index in [1.165, 1.54) is 0 Å². The molecule has 0 aliphatic heterocycles. The molecule has 0 aliphatic carbocycles. The molecule has 0 aliphatic rings. The van der Waals surface area contributed by atoms with E-state index in [9.17, 15) is 4.79 Å². The first-order valence-electron chi connectivity index (χ1n) is 7.28. The summed E-state index contributed by atoms with van der Waals surface area (Å²) in [6, 6.07) is 2.09. The number of hydrogen-bond donors (Lipinski definition) is 1. The molecule has 0 bridgehead atoms. The Bertz CT molecular complexity index is 895. The van der Waals surface area contributed by atoms with Crippen LogP contribution in [0.1, 0.15) is 41.8 Å². The molecule has 3 rings (SSSR count). The largest absolute Gasteiger partial charge is 0.465 e. The lowest BCUT2D eigenvalue weighted by Gasteiger charge is -2.07. The fraction of sp³-hybridized carbons (Fsp3) is 0.312. The van der Waals surface area contributed by atoms with Gasteiger partial charge in [-0.25, -0.2) is 9.67 Å². The first-order chi connectivity index (χ1) is 10.9. The maximum absolute atomic E-state index is 12.5. The molecule has 1 amide bonds. The number of pyridine rings is 1. The van der Waals surface area contributed by atoms with Gasteiger partial charge in [0.15, 0.2) is 5.65 Å². The third kappa shape index (κ3) is 2.76. The molecule has 0 atom stereocenters. The first-order valence-corrected chi connectivity index (χ1v) is 8.08. The highest BCUT2D eigenvalue weighted by Crippen LogP contribution is 2.28. The Morgan fingerprint density at radius 1 is 1.30 bits per heavy atom. The summed E-state index contributed by atoms with van der Waals surface area (Å²) in [7, 11) is 0. The molecule has 0 fully saturated rings. The molecule has 0 spiro atoms. The standard InChI is InChI=1S/C16H17BrN4O2/c1-8(2)21-15-11(6-19-21)5-12(7-18-15)20-16(22)13-9(3)23-10(4)14(13)17/h5-8H,1-4H3,(H,20,22). The second-order valence-electron chi connectivity index (χ2n) is 5.68. The SMILES string of the molecule is Cc1oc(C)c(C(=O)Nc2cnc3c(cnn3C(C)C)c2)c1Br. The molecule has 6 nitrogen and oxygen atoms in total. The number of aryl methyl sites for hydroxylation is 2. The van der Waals surface area contributed by atoms with Gasteiger partial charge < -0.3 is 9.73 Å². The number of fused-ring (bicyclic) bond motifs is 1. The lowest BCUT2D eigenvalue weighted by Crippen LogP contribution is -2.13. The highest BCUT2D eigenvalue weighted by atomic mass is 79.9. The van der Waals surface area contributed by atoms with Gasteiger partial charge in [-0.15, -0.1) is 0 Å². The van der Waals surface area contributed by atoms with Crippen LogP contribution in [0.2, 0.25) is 0 Å². The van der Waals surface area contributed by atoms with E-state index in [1.54, 1.807) is 19.3 Å². The molecule has 23 heavy (non-hydrogen) atoms. The molecule has 0 aromatic carbocycles. The summed E-state index contributed by atoms with van der Waals surface area (Å²) in [6.45, 7) is 7.67. The third-order valence-corrected chi connectivity index (χ3v) is 4.55. The van der Waals surface area contributed by atoms with Gasteiger partial charge in [0.1, 0.15) is 11.5 Å². The van der Waals surface area contributed by atoms with E-state index in [-0.39, 0.29) is 11.9 Å². The summed E-state index contributed by atoms with van der Waals surface area (Å²) in [6.07, 6.45) is 3.39. The second kappa shape index (κ2) is 5.81. The molecule has 3 heterocycles. The summed E-state index contributed by atoms with van der Waals surface area (Å²) in [4.78, 5) is 16.9. The van der Waals surface area contributed by atoms with Crippen LogP contribution in [0.15, 0.2) is 27.3 Å². The molecular weight excluding hydrogens is 360 g/mol. The molecule has 3 aromatic heterocycles. The van der Waals surface area contributed by atoms with Gasteiger partial charge >= 0.3 is 0 Å². The van der Waals surface area contributed by atoms with Gasteiger partial charge in [0.25, 0.3) is 5.91 Å². The zero-order valence-corrected chi connectivity index (χ0v) is 14.9. The van der Waals surface area contributed by atoms with Crippen LogP contribution in [0.3, 0.4) is 0 Å². The average Bonchev–Trinajstić information content (AvgIpc) is 3.00. The molecule has 0 saturated heterocycles. The molecule has 7 heteroatoms. The minimum Gasteiger partial charge on any atom is -0.465 e. The molecular formula is C16H17BrN4O2. The van der Waals surface area contributed by atoms with Crippen LogP contribution in [0.25, 0.3) is 11.0 Å². The van der Waals surface area contributed by atoms with Gasteiger partial charge in [0.05, 0.1) is 28.1 Å². The van der Waals surface area contributed by atoms with Crippen molar-refractivity contribution in [1.82, 2.24) is 14.8 Å². The average molecular weight is 377 g/mol. The molecule has 0 saturated carbocycles. The van der Waals surface area contributed by atoms with Crippen molar-refractivity contribution in [2.45, 2.75) is 33.7 Å². The van der Waals surface area contributed by atoms with Crippen molar-refractivity contribution in [2.75, 3.05) is 5.32 Å². The van der Waals surface area contributed by atoms with E-state index in [2.05, 4.69) is 31.3 Å². The van der Waals surface area contributed by atoms with E-state index in [0.717, 1.165) is 11.0 Å². The maximum atomic E-state index is 12.5. The van der Waals surface area contributed by atoms with Crippen LogP contribution in [-0.2, 0) is 0 Å². The Kier molecular flexibility index (Phi) is 3.97. The predicted octanol–water partition coefficient (Wildman–Crippen LogP) is 4.24. The van der Waals surface area contributed by atoms with Gasteiger partial charge in [0, 0.05) is 11.4 Å². The summed E-state index contributed by atoms with van der Waals surface area (Å²) in [5.74, 6) is 1.02. The molecule has 0 unspecified atom stereocenters.